The topological polar surface area (TPSA) is 81.7 Å². The molecule has 8 heteroatoms. The lowest BCUT2D eigenvalue weighted by Gasteiger charge is -2.41. The third-order valence-corrected chi connectivity index (χ3v) is 5.87. The second-order valence-electron chi connectivity index (χ2n) is 8.15. The molecule has 0 spiro atoms. The van der Waals surface area contributed by atoms with Gasteiger partial charge in [-0.1, -0.05) is 0 Å². The zero-order chi connectivity index (χ0) is 20.0. The highest BCUT2D eigenvalue weighted by Crippen LogP contribution is 2.31. The molecule has 0 radical (unpaired) electrons. The second-order valence-corrected chi connectivity index (χ2v) is 8.15. The molecule has 0 atom stereocenters. The van der Waals surface area contributed by atoms with Crippen LogP contribution in [0.4, 0.5) is 5.82 Å². The molecule has 3 aromatic rings. The molecule has 5 rings (SSSR count). The summed E-state index contributed by atoms with van der Waals surface area (Å²) in [5.41, 5.74) is 4.39. The van der Waals surface area contributed by atoms with Gasteiger partial charge in [0, 0.05) is 42.0 Å². The normalized spacial score (nSPS) is 16.6. The van der Waals surface area contributed by atoms with Crippen molar-refractivity contribution in [2.24, 2.45) is 5.92 Å². The summed E-state index contributed by atoms with van der Waals surface area (Å²) in [5, 5.41) is 9.04. The highest BCUT2D eigenvalue weighted by Gasteiger charge is 2.31. The monoisotopic (exact) mass is 391 g/mol. The molecular weight excluding hydrogens is 366 g/mol. The minimum atomic E-state index is -0.0758. The summed E-state index contributed by atoms with van der Waals surface area (Å²) < 4.78 is 3.36. The maximum Gasteiger partial charge on any atom is 0.266 e. The van der Waals surface area contributed by atoms with E-state index in [1.807, 2.05) is 19.9 Å². The van der Waals surface area contributed by atoms with Crippen LogP contribution in [0.1, 0.15) is 35.5 Å². The first-order valence-corrected chi connectivity index (χ1v) is 10.3. The molecule has 29 heavy (non-hydrogen) atoms. The molecule has 0 unspecified atom stereocenters. The number of aromatic nitrogens is 6. The van der Waals surface area contributed by atoms with Gasteiger partial charge < -0.3 is 4.90 Å². The zero-order valence-electron chi connectivity index (χ0n) is 16.9. The summed E-state index contributed by atoms with van der Waals surface area (Å²) >= 11 is 0. The predicted octanol–water partition coefficient (Wildman–Crippen LogP) is 1.85. The zero-order valence-corrected chi connectivity index (χ0v) is 16.9. The van der Waals surface area contributed by atoms with Crippen molar-refractivity contribution >= 4 is 5.82 Å². The molecule has 0 saturated carbocycles. The van der Waals surface area contributed by atoms with Gasteiger partial charge in [0.1, 0.15) is 12.1 Å². The van der Waals surface area contributed by atoms with E-state index in [4.69, 9.17) is 0 Å². The molecule has 1 saturated heterocycles. The van der Waals surface area contributed by atoms with E-state index in [9.17, 15) is 4.79 Å². The van der Waals surface area contributed by atoms with Gasteiger partial charge in [-0.15, -0.1) is 5.10 Å². The molecule has 3 aromatic heterocycles. The third-order valence-electron chi connectivity index (χ3n) is 5.87. The Morgan fingerprint density at radius 2 is 1.90 bits per heavy atom. The molecule has 0 amide bonds. The molecule has 2 aliphatic rings. The maximum absolute atomic E-state index is 12.3. The van der Waals surface area contributed by atoms with Crippen LogP contribution < -0.4 is 10.5 Å². The third kappa shape index (κ3) is 3.32. The standard InChI is InChI=1S/C21H25N7O/c1-14-9-15(2)28(24-14)19-7-8-20(29)27(25-19)12-16-10-26(11-16)21-17-5-3-4-6-18(17)22-13-23-21/h7-9,13,16H,3-6,10-12H2,1-2H3. The Kier molecular flexibility index (Phi) is 4.41. The van der Waals surface area contributed by atoms with Gasteiger partial charge in [0.2, 0.25) is 0 Å². The van der Waals surface area contributed by atoms with Crippen LogP contribution in [0, 0.1) is 19.8 Å². The van der Waals surface area contributed by atoms with E-state index in [1.165, 1.54) is 24.1 Å². The van der Waals surface area contributed by atoms with E-state index in [1.54, 1.807) is 27.8 Å². The predicted molar refractivity (Wildman–Crippen MR) is 109 cm³/mol. The number of nitrogens with zero attached hydrogens (tertiary/aromatic N) is 7. The fourth-order valence-corrected chi connectivity index (χ4v) is 4.42. The van der Waals surface area contributed by atoms with Crippen LogP contribution in [0.25, 0.3) is 5.82 Å². The molecule has 150 valence electrons. The summed E-state index contributed by atoms with van der Waals surface area (Å²) in [6.45, 7) is 6.33. The molecule has 1 aliphatic carbocycles. The van der Waals surface area contributed by atoms with E-state index in [0.29, 0.717) is 18.3 Å². The highest BCUT2D eigenvalue weighted by molar-refractivity contribution is 5.51. The molecule has 1 fully saturated rings. The molecular formula is C21H25N7O. The van der Waals surface area contributed by atoms with E-state index < -0.39 is 0 Å². The van der Waals surface area contributed by atoms with Crippen LogP contribution in [0.3, 0.4) is 0 Å². The van der Waals surface area contributed by atoms with Crippen molar-refractivity contribution < 1.29 is 0 Å². The number of anilines is 1. The van der Waals surface area contributed by atoms with Crippen LogP contribution in [0.2, 0.25) is 0 Å². The molecule has 1 aliphatic heterocycles. The van der Waals surface area contributed by atoms with Crippen molar-refractivity contribution in [2.45, 2.75) is 46.1 Å². The number of aryl methyl sites for hydroxylation is 3. The lowest BCUT2D eigenvalue weighted by atomic mass is 9.93. The van der Waals surface area contributed by atoms with Gasteiger partial charge in [-0.3, -0.25) is 4.79 Å². The Bertz CT molecular complexity index is 1110. The van der Waals surface area contributed by atoms with E-state index >= 15 is 0 Å². The maximum atomic E-state index is 12.3. The molecule has 0 aromatic carbocycles. The lowest BCUT2D eigenvalue weighted by Crippen LogP contribution is -2.50. The smallest absolute Gasteiger partial charge is 0.266 e. The van der Waals surface area contributed by atoms with Crippen molar-refractivity contribution in [2.75, 3.05) is 18.0 Å². The van der Waals surface area contributed by atoms with E-state index in [0.717, 1.165) is 43.1 Å². The van der Waals surface area contributed by atoms with E-state index in [-0.39, 0.29) is 5.56 Å². The number of hydrogen-bond donors (Lipinski definition) is 0. The first kappa shape index (κ1) is 18.0. The van der Waals surface area contributed by atoms with Crippen molar-refractivity contribution in [3.63, 3.8) is 0 Å². The van der Waals surface area contributed by atoms with Crippen LogP contribution in [0.15, 0.2) is 29.3 Å². The summed E-state index contributed by atoms with van der Waals surface area (Å²) in [5.74, 6) is 2.14. The van der Waals surface area contributed by atoms with Gasteiger partial charge in [0.25, 0.3) is 5.56 Å². The quantitative estimate of drug-likeness (QED) is 0.675. The Labute approximate surface area is 169 Å². The van der Waals surface area contributed by atoms with Gasteiger partial charge in [0.05, 0.1) is 12.2 Å². The first-order chi connectivity index (χ1) is 14.1. The summed E-state index contributed by atoms with van der Waals surface area (Å²) in [7, 11) is 0. The van der Waals surface area contributed by atoms with Crippen molar-refractivity contribution in [1.82, 2.24) is 29.5 Å². The summed E-state index contributed by atoms with van der Waals surface area (Å²) in [4.78, 5) is 23.7. The largest absolute Gasteiger partial charge is 0.355 e. The molecule has 8 nitrogen and oxygen atoms in total. The SMILES string of the molecule is Cc1cc(C)n(-c2ccc(=O)n(CC3CN(c4ncnc5c4CCCC5)C3)n2)n1. The Morgan fingerprint density at radius 1 is 1.07 bits per heavy atom. The summed E-state index contributed by atoms with van der Waals surface area (Å²) in [6.07, 6.45) is 6.24. The van der Waals surface area contributed by atoms with Gasteiger partial charge >= 0.3 is 0 Å². The number of hydrogen-bond acceptors (Lipinski definition) is 6. The number of rotatable bonds is 4. The minimum absolute atomic E-state index is 0.0758. The fraction of sp³-hybridized carbons (Fsp3) is 0.476. The van der Waals surface area contributed by atoms with Crippen LogP contribution in [-0.2, 0) is 19.4 Å². The Morgan fingerprint density at radius 3 is 2.69 bits per heavy atom. The molecule has 0 N–H and O–H groups in total. The lowest BCUT2D eigenvalue weighted by molar-refractivity contribution is 0.331. The minimum Gasteiger partial charge on any atom is -0.355 e. The van der Waals surface area contributed by atoms with Crippen molar-refractivity contribution in [1.29, 1.82) is 0 Å². The van der Waals surface area contributed by atoms with Crippen LogP contribution >= 0.6 is 0 Å². The fourth-order valence-electron chi connectivity index (χ4n) is 4.42. The van der Waals surface area contributed by atoms with E-state index in [2.05, 4.69) is 25.1 Å². The van der Waals surface area contributed by atoms with Crippen LogP contribution in [0.5, 0.6) is 0 Å². The van der Waals surface area contributed by atoms with Gasteiger partial charge in [0.15, 0.2) is 5.82 Å². The van der Waals surface area contributed by atoms with Crippen molar-refractivity contribution in [3.05, 3.63) is 57.5 Å². The van der Waals surface area contributed by atoms with Gasteiger partial charge in [-0.2, -0.15) is 5.10 Å². The van der Waals surface area contributed by atoms with Gasteiger partial charge in [-0.05, 0) is 51.7 Å². The molecule has 4 heterocycles. The number of fused-ring (bicyclic) bond motifs is 1. The summed E-state index contributed by atoms with van der Waals surface area (Å²) in [6, 6.07) is 5.32. The first-order valence-electron chi connectivity index (χ1n) is 10.3. The van der Waals surface area contributed by atoms with Crippen molar-refractivity contribution in [3.8, 4) is 5.82 Å². The average molecular weight is 391 g/mol. The highest BCUT2D eigenvalue weighted by atomic mass is 16.1. The molecule has 0 bridgehead atoms. The Hall–Kier alpha value is -3.03. The Balaban J connectivity index is 1.31. The average Bonchev–Trinajstić information content (AvgIpc) is 3.03. The van der Waals surface area contributed by atoms with Gasteiger partial charge in [-0.25, -0.2) is 19.3 Å². The second kappa shape index (κ2) is 7.09. The van der Waals surface area contributed by atoms with Crippen LogP contribution in [-0.4, -0.2) is 42.6 Å².